The molecule has 0 saturated carbocycles. The molecule has 1 aromatic carbocycles. The number of rotatable bonds is 2. The number of halogens is 1. The molecule has 2 heterocycles. The van der Waals surface area contributed by atoms with Crippen molar-refractivity contribution in [2.45, 2.75) is 11.8 Å². The van der Waals surface area contributed by atoms with E-state index in [2.05, 4.69) is 0 Å². The van der Waals surface area contributed by atoms with E-state index in [0.29, 0.717) is 10.7 Å². The van der Waals surface area contributed by atoms with Crippen LogP contribution in [0.1, 0.15) is 17.4 Å². The summed E-state index contributed by atoms with van der Waals surface area (Å²) in [6.45, 7) is 2.10. The summed E-state index contributed by atoms with van der Waals surface area (Å²) in [5.41, 5.74) is 0.399. The van der Waals surface area contributed by atoms with Gasteiger partial charge in [0.15, 0.2) is 0 Å². The van der Waals surface area contributed by atoms with Crippen molar-refractivity contribution in [2.24, 2.45) is 0 Å². The maximum Gasteiger partial charge on any atom is 0.276 e. The third-order valence-electron chi connectivity index (χ3n) is 3.45. The quantitative estimate of drug-likeness (QED) is 0.792. The Balaban J connectivity index is 2.35. The van der Waals surface area contributed by atoms with Crippen molar-refractivity contribution >= 4 is 33.2 Å². The average molecular weight is 337 g/mol. The summed E-state index contributed by atoms with van der Waals surface area (Å²) in [4.78, 5) is 14.2. The second-order valence-corrected chi connectivity index (χ2v) is 7.01. The number of carbonyl (C=O) groups excluding carboxylic acids is 1. The molecule has 0 aliphatic carbocycles. The van der Waals surface area contributed by atoms with Crippen LogP contribution in [-0.4, -0.2) is 24.8 Å². The second kappa shape index (κ2) is 5.30. The van der Waals surface area contributed by atoms with Gasteiger partial charge >= 0.3 is 0 Å². The van der Waals surface area contributed by atoms with Crippen LogP contribution < -0.4 is 4.90 Å². The summed E-state index contributed by atoms with van der Waals surface area (Å²) in [7, 11) is -3.83. The fourth-order valence-corrected chi connectivity index (χ4v) is 4.09. The van der Waals surface area contributed by atoms with Crippen molar-refractivity contribution in [3.05, 3.63) is 59.4 Å². The molecule has 0 bridgehead atoms. The lowest BCUT2D eigenvalue weighted by molar-refractivity contribution is 0.0984. The highest BCUT2D eigenvalue weighted by molar-refractivity contribution is 7.90. The Hall–Kier alpha value is -2.05. The maximum absolute atomic E-state index is 12.8. The number of hydrogen-bond acceptors (Lipinski definition) is 3. The molecule has 0 unspecified atom stereocenters. The SMILES string of the molecule is C/C=C/CN1C(=O)c2cccn2S(=O)(=O)c2ccc(Cl)cc21. The normalized spacial score (nSPS) is 16.5. The van der Waals surface area contributed by atoms with E-state index in [-0.39, 0.29) is 23.0 Å². The fraction of sp³-hybridized carbons (Fsp3) is 0.133. The molecule has 1 aliphatic rings. The van der Waals surface area contributed by atoms with Crippen molar-refractivity contribution in [2.75, 3.05) is 11.4 Å². The van der Waals surface area contributed by atoms with Gasteiger partial charge in [-0.1, -0.05) is 23.8 Å². The number of anilines is 1. The Morgan fingerprint density at radius 1 is 1.27 bits per heavy atom. The molecule has 2 aromatic rings. The lowest BCUT2D eigenvalue weighted by Crippen LogP contribution is -2.31. The van der Waals surface area contributed by atoms with Gasteiger partial charge in [-0.2, -0.15) is 0 Å². The molecule has 1 amide bonds. The van der Waals surface area contributed by atoms with E-state index in [1.54, 1.807) is 18.2 Å². The first-order chi connectivity index (χ1) is 10.5. The lowest BCUT2D eigenvalue weighted by atomic mass is 10.2. The number of benzene rings is 1. The zero-order valence-electron chi connectivity index (χ0n) is 11.7. The molecule has 0 saturated heterocycles. The minimum Gasteiger partial charge on any atom is -0.302 e. The van der Waals surface area contributed by atoms with E-state index in [4.69, 9.17) is 11.6 Å². The topological polar surface area (TPSA) is 59.4 Å². The van der Waals surface area contributed by atoms with Gasteiger partial charge in [-0.15, -0.1) is 0 Å². The summed E-state index contributed by atoms with van der Waals surface area (Å²) in [5, 5.41) is 0.374. The molecule has 0 radical (unpaired) electrons. The van der Waals surface area contributed by atoms with Crippen LogP contribution in [0.3, 0.4) is 0 Å². The Morgan fingerprint density at radius 3 is 2.77 bits per heavy atom. The summed E-state index contributed by atoms with van der Waals surface area (Å²) < 4.78 is 26.6. The molecule has 7 heteroatoms. The molecule has 0 N–H and O–H groups in total. The van der Waals surface area contributed by atoms with E-state index in [9.17, 15) is 13.2 Å². The van der Waals surface area contributed by atoms with E-state index < -0.39 is 10.0 Å². The summed E-state index contributed by atoms with van der Waals surface area (Å²) in [6.07, 6.45) is 4.96. The molecule has 22 heavy (non-hydrogen) atoms. The van der Waals surface area contributed by atoms with Crippen LogP contribution >= 0.6 is 11.6 Å². The van der Waals surface area contributed by atoms with Gasteiger partial charge in [0.05, 0.1) is 5.69 Å². The summed E-state index contributed by atoms with van der Waals surface area (Å²) in [5.74, 6) is -0.382. The number of nitrogens with zero attached hydrogens (tertiary/aromatic N) is 2. The van der Waals surface area contributed by atoms with Crippen LogP contribution in [0.2, 0.25) is 5.02 Å². The zero-order valence-corrected chi connectivity index (χ0v) is 13.3. The van der Waals surface area contributed by atoms with Crippen LogP contribution in [0.25, 0.3) is 0 Å². The van der Waals surface area contributed by atoms with Gasteiger partial charge in [0, 0.05) is 17.8 Å². The van der Waals surface area contributed by atoms with E-state index >= 15 is 0 Å². The number of hydrogen-bond donors (Lipinski definition) is 0. The average Bonchev–Trinajstić information content (AvgIpc) is 2.95. The van der Waals surface area contributed by atoms with Gasteiger partial charge in [0.1, 0.15) is 10.6 Å². The van der Waals surface area contributed by atoms with Crippen LogP contribution in [0, 0.1) is 0 Å². The molecule has 3 rings (SSSR count). The van der Waals surface area contributed by atoms with Crippen molar-refractivity contribution in [3.63, 3.8) is 0 Å². The highest BCUT2D eigenvalue weighted by Gasteiger charge is 2.34. The number of amides is 1. The molecule has 114 valence electrons. The summed E-state index contributed by atoms with van der Waals surface area (Å²) >= 11 is 6.00. The Kier molecular flexibility index (Phi) is 3.58. The monoisotopic (exact) mass is 336 g/mol. The first-order valence-electron chi connectivity index (χ1n) is 6.62. The molecular formula is C15H13ClN2O3S. The zero-order chi connectivity index (χ0) is 15.9. The van der Waals surface area contributed by atoms with Crippen LogP contribution in [-0.2, 0) is 10.0 Å². The Bertz CT molecular complexity index is 884. The summed E-state index contributed by atoms with van der Waals surface area (Å²) in [6, 6.07) is 7.47. The third-order valence-corrected chi connectivity index (χ3v) is 5.42. The molecule has 1 aromatic heterocycles. The van der Waals surface area contributed by atoms with E-state index in [0.717, 1.165) is 3.97 Å². The number of fused-ring (bicyclic) bond motifs is 2. The molecule has 0 fully saturated rings. The van der Waals surface area contributed by atoms with Crippen molar-refractivity contribution in [1.29, 1.82) is 0 Å². The molecular weight excluding hydrogens is 324 g/mol. The maximum atomic E-state index is 12.8. The third kappa shape index (κ3) is 2.15. The van der Waals surface area contributed by atoms with Gasteiger partial charge in [0.2, 0.25) is 0 Å². The van der Waals surface area contributed by atoms with Gasteiger partial charge in [-0.25, -0.2) is 12.4 Å². The molecule has 0 atom stereocenters. The predicted octanol–water partition coefficient (Wildman–Crippen LogP) is 2.91. The van der Waals surface area contributed by atoms with Crippen LogP contribution in [0.4, 0.5) is 5.69 Å². The van der Waals surface area contributed by atoms with Crippen LogP contribution in [0.15, 0.2) is 53.6 Å². The highest BCUT2D eigenvalue weighted by Crippen LogP contribution is 2.34. The first kappa shape index (κ1) is 14.9. The second-order valence-electron chi connectivity index (χ2n) is 4.79. The van der Waals surface area contributed by atoms with E-state index in [1.165, 1.54) is 35.4 Å². The largest absolute Gasteiger partial charge is 0.302 e. The van der Waals surface area contributed by atoms with Gasteiger partial charge in [-0.3, -0.25) is 4.79 Å². The van der Waals surface area contributed by atoms with Gasteiger partial charge in [-0.05, 0) is 37.3 Å². The Morgan fingerprint density at radius 2 is 2.05 bits per heavy atom. The number of aromatic nitrogens is 1. The van der Waals surface area contributed by atoms with Crippen molar-refractivity contribution in [1.82, 2.24) is 3.97 Å². The van der Waals surface area contributed by atoms with E-state index in [1.807, 2.05) is 6.92 Å². The molecule has 0 spiro atoms. The van der Waals surface area contributed by atoms with Gasteiger partial charge in [0.25, 0.3) is 15.9 Å². The van der Waals surface area contributed by atoms with Crippen molar-refractivity contribution < 1.29 is 13.2 Å². The molecule has 5 nitrogen and oxygen atoms in total. The predicted molar refractivity (Wildman–Crippen MR) is 85.0 cm³/mol. The van der Waals surface area contributed by atoms with Gasteiger partial charge < -0.3 is 4.90 Å². The standard InChI is InChI=1S/C15H13ClN2O3S/c1-2-3-8-17-13-10-11(16)6-7-14(13)22(20,21)18-9-4-5-12(18)15(17)19/h2-7,9-10H,8H2,1H3/b3-2+. The molecule has 1 aliphatic heterocycles. The van der Waals surface area contributed by atoms with Crippen LogP contribution in [0.5, 0.6) is 0 Å². The number of carbonyl (C=O) groups is 1. The minimum atomic E-state index is -3.83. The Labute approximate surface area is 133 Å². The first-order valence-corrected chi connectivity index (χ1v) is 8.44. The lowest BCUT2D eigenvalue weighted by Gasteiger charge is -2.20. The number of allylic oxidation sites excluding steroid dienone is 1. The fourth-order valence-electron chi connectivity index (χ4n) is 2.41. The van der Waals surface area contributed by atoms with Crippen molar-refractivity contribution in [3.8, 4) is 0 Å². The minimum absolute atomic E-state index is 0.0599. The highest BCUT2D eigenvalue weighted by atomic mass is 35.5. The smallest absolute Gasteiger partial charge is 0.276 e.